The first-order valence-corrected chi connectivity index (χ1v) is 14.2. The van der Waals surface area contributed by atoms with Gasteiger partial charge in [-0.3, -0.25) is 4.79 Å². The molecule has 2 aromatic carbocycles. The second-order valence-corrected chi connectivity index (χ2v) is 10.8. The summed E-state index contributed by atoms with van der Waals surface area (Å²) in [4.78, 5) is 29.8. The van der Waals surface area contributed by atoms with Gasteiger partial charge >= 0.3 is 0 Å². The molecule has 2 N–H and O–H groups in total. The number of carbonyl (C=O) groups excluding carboxylic acids is 1. The number of hydrogen-bond acceptors (Lipinski definition) is 11. The molecule has 13 heteroatoms. The number of hydrogen-bond donors (Lipinski definition) is 2. The Kier molecular flexibility index (Phi) is 9.64. The quantitative estimate of drug-likeness (QED) is 0.189. The summed E-state index contributed by atoms with van der Waals surface area (Å²) < 4.78 is 38.6. The number of anilines is 3. The van der Waals surface area contributed by atoms with E-state index in [1.807, 2.05) is 31.1 Å². The second-order valence-electron chi connectivity index (χ2n) is 9.07. The Bertz CT molecular complexity index is 1420. The number of benzene rings is 2. The van der Waals surface area contributed by atoms with Crippen molar-refractivity contribution in [1.82, 2.24) is 19.7 Å². The van der Waals surface area contributed by atoms with Gasteiger partial charge in [-0.25, -0.2) is 13.1 Å². The van der Waals surface area contributed by atoms with Crippen LogP contribution in [0, 0.1) is 0 Å². The van der Waals surface area contributed by atoms with E-state index in [-0.39, 0.29) is 23.8 Å². The molecule has 3 aromatic rings. The van der Waals surface area contributed by atoms with Gasteiger partial charge in [0.25, 0.3) is 0 Å². The van der Waals surface area contributed by atoms with Crippen molar-refractivity contribution in [3.63, 3.8) is 0 Å². The molecule has 2 heterocycles. The molecular formula is C27H33N7O5S. The zero-order valence-corrected chi connectivity index (χ0v) is 23.5. The molecule has 0 aliphatic carbocycles. The monoisotopic (exact) mass is 567 g/mol. The van der Waals surface area contributed by atoms with Crippen molar-refractivity contribution < 1.29 is 22.7 Å². The van der Waals surface area contributed by atoms with E-state index in [2.05, 4.69) is 25.0 Å². The molecule has 0 radical (unpaired) electrons. The van der Waals surface area contributed by atoms with Crippen LogP contribution in [0.3, 0.4) is 0 Å². The number of nitrogens with one attached hydrogen (secondary N) is 2. The van der Waals surface area contributed by atoms with Gasteiger partial charge in [0.15, 0.2) is 5.78 Å². The van der Waals surface area contributed by atoms with Crippen LogP contribution in [0.5, 0.6) is 5.75 Å². The number of aromatic nitrogens is 3. The average Bonchev–Trinajstić information content (AvgIpc) is 2.98. The van der Waals surface area contributed by atoms with Gasteiger partial charge in [0.05, 0.1) is 25.2 Å². The van der Waals surface area contributed by atoms with Crippen LogP contribution in [0.15, 0.2) is 59.5 Å². The highest BCUT2D eigenvalue weighted by Gasteiger charge is 2.18. The summed E-state index contributed by atoms with van der Waals surface area (Å²) in [5, 5.41) is 3.07. The minimum atomic E-state index is -3.78. The molecule has 1 aliphatic heterocycles. The molecular weight excluding hydrogens is 534 g/mol. The van der Waals surface area contributed by atoms with E-state index in [9.17, 15) is 13.2 Å². The lowest BCUT2D eigenvalue weighted by atomic mass is 10.1. The first-order valence-electron chi connectivity index (χ1n) is 12.7. The molecule has 0 atom stereocenters. The lowest BCUT2D eigenvalue weighted by Crippen LogP contribution is -2.38. The molecule has 0 bridgehead atoms. The van der Waals surface area contributed by atoms with Crippen molar-refractivity contribution in [3.8, 4) is 5.75 Å². The van der Waals surface area contributed by atoms with Gasteiger partial charge in [-0.05, 0) is 48.0 Å². The fourth-order valence-electron chi connectivity index (χ4n) is 3.76. The number of ketones is 1. The third-order valence-corrected chi connectivity index (χ3v) is 7.47. The number of carbonyl (C=O) groups is 1. The number of methoxy groups -OCH3 is 1. The molecule has 40 heavy (non-hydrogen) atoms. The summed E-state index contributed by atoms with van der Waals surface area (Å²) in [6.07, 6.45) is 3.14. The highest BCUT2D eigenvalue weighted by Crippen LogP contribution is 2.17. The molecule has 1 aliphatic rings. The van der Waals surface area contributed by atoms with E-state index in [4.69, 9.17) is 9.47 Å². The molecule has 4 rings (SSSR count). The maximum Gasteiger partial charge on any atom is 0.240 e. The molecule has 0 saturated carbocycles. The first kappa shape index (κ1) is 28.9. The molecule has 1 fully saturated rings. The van der Waals surface area contributed by atoms with E-state index in [0.29, 0.717) is 49.7 Å². The van der Waals surface area contributed by atoms with Crippen LogP contribution in [0.1, 0.15) is 15.9 Å². The van der Waals surface area contributed by atoms with Gasteiger partial charge in [-0.2, -0.15) is 15.0 Å². The third-order valence-electron chi connectivity index (χ3n) is 6.00. The Balaban J connectivity index is 1.32. The molecule has 12 nitrogen and oxygen atoms in total. The van der Waals surface area contributed by atoms with Crippen LogP contribution >= 0.6 is 0 Å². The lowest BCUT2D eigenvalue weighted by molar-refractivity contribution is 0.104. The fourth-order valence-corrected chi connectivity index (χ4v) is 4.79. The predicted octanol–water partition coefficient (Wildman–Crippen LogP) is 2.07. The summed E-state index contributed by atoms with van der Waals surface area (Å²) in [5.74, 6) is 1.88. The Hall–Kier alpha value is -4.07. The highest BCUT2D eigenvalue weighted by atomic mass is 32.2. The number of sulfonamides is 1. The minimum absolute atomic E-state index is 0.0628. The smallest absolute Gasteiger partial charge is 0.240 e. The zero-order valence-electron chi connectivity index (χ0n) is 22.7. The summed E-state index contributed by atoms with van der Waals surface area (Å²) >= 11 is 0. The van der Waals surface area contributed by atoms with Crippen LogP contribution in [-0.4, -0.2) is 89.8 Å². The molecule has 0 unspecified atom stereocenters. The van der Waals surface area contributed by atoms with Crippen molar-refractivity contribution in [1.29, 1.82) is 0 Å². The normalized spacial score (nSPS) is 13.8. The number of allylic oxidation sites excluding steroid dienone is 1. The van der Waals surface area contributed by atoms with E-state index in [1.54, 1.807) is 30.2 Å². The molecule has 1 saturated heterocycles. The zero-order chi connectivity index (χ0) is 28.5. The van der Waals surface area contributed by atoms with Gasteiger partial charge in [0.1, 0.15) is 5.75 Å². The van der Waals surface area contributed by atoms with Crippen LogP contribution in [0.2, 0.25) is 0 Å². The fraction of sp³-hybridized carbons (Fsp3) is 0.333. The van der Waals surface area contributed by atoms with Crippen molar-refractivity contribution in [2.24, 2.45) is 0 Å². The number of nitrogens with zero attached hydrogens (tertiary/aromatic N) is 5. The Morgan fingerprint density at radius 1 is 1.02 bits per heavy atom. The maximum atomic E-state index is 12.8. The van der Waals surface area contributed by atoms with Gasteiger partial charge < -0.3 is 24.6 Å². The number of rotatable bonds is 12. The molecule has 0 spiro atoms. The van der Waals surface area contributed by atoms with Crippen LogP contribution < -0.4 is 24.6 Å². The van der Waals surface area contributed by atoms with Gasteiger partial charge in [-0.1, -0.05) is 18.2 Å². The van der Waals surface area contributed by atoms with Crippen molar-refractivity contribution in [2.75, 3.05) is 75.7 Å². The number of morpholine rings is 1. The Morgan fingerprint density at radius 3 is 2.38 bits per heavy atom. The Labute approximate surface area is 234 Å². The minimum Gasteiger partial charge on any atom is -0.497 e. The molecule has 0 amide bonds. The van der Waals surface area contributed by atoms with Gasteiger partial charge in [0, 0.05) is 45.8 Å². The SMILES string of the molecule is COc1ccc(/C=C/C(=O)c2ccc(S(=O)(=O)NCCNc3nc(N(C)C)nc(N4CCOCC4)n3)cc2)cc1. The van der Waals surface area contributed by atoms with Crippen LogP contribution in [0.4, 0.5) is 17.8 Å². The third kappa shape index (κ3) is 7.74. The standard InChI is InChI=1S/C27H33N7O5S/c1-33(2)26-30-25(31-27(32-26)34-16-18-39-19-17-34)28-14-15-29-40(36,37)23-11-7-21(8-12-23)24(35)13-6-20-4-9-22(38-3)10-5-20/h4-13,29H,14-19H2,1-3H3,(H,28,30,31,32)/b13-6+. The maximum absolute atomic E-state index is 12.8. The summed E-state index contributed by atoms with van der Waals surface area (Å²) in [5.41, 5.74) is 1.23. The van der Waals surface area contributed by atoms with Crippen molar-refractivity contribution in [2.45, 2.75) is 4.90 Å². The van der Waals surface area contributed by atoms with E-state index < -0.39 is 10.0 Å². The summed E-state index contributed by atoms with van der Waals surface area (Å²) in [6.45, 7) is 2.92. The first-order chi connectivity index (χ1) is 19.2. The Morgan fingerprint density at radius 2 is 1.73 bits per heavy atom. The van der Waals surface area contributed by atoms with Crippen LogP contribution in [0.25, 0.3) is 6.08 Å². The average molecular weight is 568 g/mol. The largest absolute Gasteiger partial charge is 0.497 e. The summed E-state index contributed by atoms with van der Waals surface area (Å²) in [7, 11) is 1.49. The predicted molar refractivity (Wildman–Crippen MR) is 154 cm³/mol. The van der Waals surface area contributed by atoms with E-state index in [0.717, 1.165) is 11.3 Å². The topological polar surface area (TPSA) is 139 Å². The van der Waals surface area contributed by atoms with Crippen molar-refractivity contribution in [3.05, 3.63) is 65.7 Å². The molecule has 1 aromatic heterocycles. The van der Waals surface area contributed by atoms with Gasteiger partial charge in [-0.15, -0.1) is 0 Å². The highest BCUT2D eigenvalue weighted by molar-refractivity contribution is 7.89. The lowest BCUT2D eigenvalue weighted by Gasteiger charge is -2.27. The second kappa shape index (κ2) is 13.3. The van der Waals surface area contributed by atoms with Gasteiger partial charge in [0.2, 0.25) is 27.9 Å². The van der Waals surface area contributed by atoms with E-state index >= 15 is 0 Å². The van der Waals surface area contributed by atoms with Crippen LogP contribution in [-0.2, 0) is 14.8 Å². The van der Waals surface area contributed by atoms with E-state index in [1.165, 1.54) is 30.3 Å². The molecule has 212 valence electrons. The number of ether oxygens (including phenoxy) is 2. The van der Waals surface area contributed by atoms with Crippen molar-refractivity contribution >= 4 is 39.7 Å². The summed E-state index contributed by atoms with van der Waals surface area (Å²) in [6, 6.07) is 13.1.